The first-order chi connectivity index (χ1) is 9.78. The molecule has 0 amide bonds. The molecule has 0 spiro atoms. The Balaban J connectivity index is 2.09. The van der Waals surface area contributed by atoms with Crippen molar-refractivity contribution in [3.63, 3.8) is 0 Å². The van der Waals surface area contributed by atoms with Crippen molar-refractivity contribution in [1.29, 1.82) is 0 Å². The Morgan fingerprint density at radius 3 is 2.65 bits per heavy atom. The van der Waals surface area contributed by atoms with E-state index in [1.165, 1.54) is 10.9 Å². The number of benzene rings is 1. The van der Waals surface area contributed by atoms with Gasteiger partial charge in [0.2, 0.25) is 0 Å². The van der Waals surface area contributed by atoms with E-state index in [-0.39, 0.29) is 0 Å². The normalized spacial score (nSPS) is 10.9. The van der Waals surface area contributed by atoms with Gasteiger partial charge in [0.25, 0.3) is 0 Å². The molecule has 0 bridgehead atoms. The summed E-state index contributed by atoms with van der Waals surface area (Å²) in [5, 5.41) is 1.27. The van der Waals surface area contributed by atoms with Crippen molar-refractivity contribution in [2.75, 3.05) is 26.7 Å². The van der Waals surface area contributed by atoms with Crippen molar-refractivity contribution in [3.8, 4) is 5.75 Å². The van der Waals surface area contributed by atoms with Crippen molar-refractivity contribution in [2.24, 2.45) is 0 Å². The quantitative estimate of drug-likeness (QED) is 0.745. The highest BCUT2D eigenvalue weighted by molar-refractivity contribution is 5.84. The van der Waals surface area contributed by atoms with E-state index < -0.39 is 0 Å². The molecule has 0 atom stereocenters. The topological polar surface area (TPSA) is 28.3 Å². The predicted molar refractivity (Wildman–Crippen MR) is 85.4 cm³/mol. The highest BCUT2D eigenvalue weighted by Gasteiger charge is 2.07. The highest BCUT2D eigenvalue weighted by atomic mass is 16.5. The fraction of sp³-hybridized carbons (Fsp3) is 0.294. The standard InChI is InChI=1S/C17H22N2O/c1-4-9-19(10-5-2)11-8-14-13-18-17-12-15(20-3)6-7-16(14)17/h4-7,12-13,18H,1-2,8-11H2,3H3. The second-order valence-corrected chi connectivity index (χ2v) is 4.81. The van der Waals surface area contributed by atoms with Gasteiger partial charge in [0.1, 0.15) is 5.75 Å². The summed E-state index contributed by atoms with van der Waals surface area (Å²) in [4.78, 5) is 5.63. The first kappa shape index (κ1) is 14.4. The Morgan fingerprint density at radius 1 is 1.25 bits per heavy atom. The lowest BCUT2D eigenvalue weighted by Crippen LogP contribution is -2.26. The smallest absolute Gasteiger partial charge is 0.120 e. The number of aromatic nitrogens is 1. The average Bonchev–Trinajstić information content (AvgIpc) is 2.87. The molecule has 0 saturated heterocycles. The van der Waals surface area contributed by atoms with Crippen LogP contribution >= 0.6 is 0 Å². The molecule has 0 aliphatic rings. The van der Waals surface area contributed by atoms with Crippen LogP contribution in [0.3, 0.4) is 0 Å². The number of H-pyrrole nitrogens is 1. The summed E-state index contributed by atoms with van der Waals surface area (Å²) < 4.78 is 5.24. The second-order valence-electron chi connectivity index (χ2n) is 4.81. The van der Waals surface area contributed by atoms with Crippen LogP contribution in [-0.2, 0) is 6.42 Å². The van der Waals surface area contributed by atoms with Gasteiger partial charge < -0.3 is 9.72 Å². The van der Waals surface area contributed by atoms with Gasteiger partial charge >= 0.3 is 0 Å². The molecule has 3 nitrogen and oxygen atoms in total. The van der Waals surface area contributed by atoms with Crippen LogP contribution in [-0.4, -0.2) is 36.6 Å². The first-order valence-electron chi connectivity index (χ1n) is 6.86. The van der Waals surface area contributed by atoms with E-state index in [0.717, 1.165) is 37.3 Å². The predicted octanol–water partition coefficient (Wildman–Crippen LogP) is 3.39. The molecule has 1 heterocycles. The number of ether oxygens (including phenoxy) is 1. The SMILES string of the molecule is C=CCN(CC=C)CCc1c[nH]c2cc(OC)ccc12. The summed E-state index contributed by atoms with van der Waals surface area (Å²) in [6.07, 6.45) is 6.96. The number of rotatable bonds is 8. The van der Waals surface area contributed by atoms with Gasteiger partial charge in [-0.15, -0.1) is 13.2 Å². The van der Waals surface area contributed by atoms with E-state index in [1.54, 1.807) is 7.11 Å². The van der Waals surface area contributed by atoms with Crippen molar-refractivity contribution < 1.29 is 4.74 Å². The molecule has 0 radical (unpaired) electrons. The zero-order chi connectivity index (χ0) is 14.4. The van der Waals surface area contributed by atoms with Gasteiger partial charge in [-0.3, -0.25) is 4.90 Å². The zero-order valence-electron chi connectivity index (χ0n) is 12.1. The minimum absolute atomic E-state index is 0.880. The van der Waals surface area contributed by atoms with E-state index in [4.69, 9.17) is 4.74 Å². The lowest BCUT2D eigenvalue weighted by atomic mass is 10.1. The van der Waals surface area contributed by atoms with Crippen molar-refractivity contribution in [2.45, 2.75) is 6.42 Å². The van der Waals surface area contributed by atoms with Crippen LogP contribution in [0.4, 0.5) is 0 Å². The number of hydrogen-bond donors (Lipinski definition) is 1. The van der Waals surface area contributed by atoms with Crippen LogP contribution in [0, 0.1) is 0 Å². The number of fused-ring (bicyclic) bond motifs is 1. The molecule has 0 saturated carbocycles. The molecular weight excluding hydrogens is 248 g/mol. The van der Waals surface area contributed by atoms with Crippen LogP contribution in [0.2, 0.25) is 0 Å². The monoisotopic (exact) mass is 270 g/mol. The molecule has 2 aromatic rings. The van der Waals surface area contributed by atoms with Crippen LogP contribution in [0.1, 0.15) is 5.56 Å². The molecule has 106 valence electrons. The maximum atomic E-state index is 5.24. The third-order valence-electron chi connectivity index (χ3n) is 3.45. The Hall–Kier alpha value is -2.00. The lowest BCUT2D eigenvalue weighted by Gasteiger charge is -2.18. The summed E-state index contributed by atoms with van der Waals surface area (Å²) in [7, 11) is 1.69. The van der Waals surface area contributed by atoms with Crippen LogP contribution in [0.15, 0.2) is 49.7 Å². The Bertz CT molecular complexity index is 576. The van der Waals surface area contributed by atoms with Crippen LogP contribution < -0.4 is 4.74 Å². The molecule has 2 rings (SSSR count). The maximum absolute atomic E-state index is 5.24. The van der Waals surface area contributed by atoms with E-state index >= 15 is 0 Å². The van der Waals surface area contributed by atoms with Gasteiger partial charge in [0, 0.05) is 42.8 Å². The zero-order valence-corrected chi connectivity index (χ0v) is 12.1. The summed E-state index contributed by atoms with van der Waals surface area (Å²) in [6, 6.07) is 6.15. The minimum Gasteiger partial charge on any atom is -0.497 e. The average molecular weight is 270 g/mol. The number of aromatic amines is 1. The molecule has 1 aromatic carbocycles. The third kappa shape index (κ3) is 3.31. The molecule has 3 heteroatoms. The molecule has 1 aromatic heterocycles. The van der Waals surface area contributed by atoms with Gasteiger partial charge in [0.05, 0.1) is 7.11 Å². The summed E-state index contributed by atoms with van der Waals surface area (Å²) in [6.45, 7) is 10.4. The van der Waals surface area contributed by atoms with Crippen molar-refractivity contribution in [3.05, 3.63) is 55.3 Å². The van der Waals surface area contributed by atoms with E-state index in [2.05, 4.69) is 35.3 Å². The number of methoxy groups -OCH3 is 1. The van der Waals surface area contributed by atoms with E-state index in [1.807, 2.05) is 24.3 Å². The molecule has 0 aliphatic carbocycles. The van der Waals surface area contributed by atoms with Gasteiger partial charge in [-0.2, -0.15) is 0 Å². The molecule has 20 heavy (non-hydrogen) atoms. The Labute approximate surface area is 120 Å². The lowest BCUT2D eigenvalue weighted by molar-refractivity contribution is 0.340. The fourth-order valence-corrected chi connectivity index (χ4v) is 2.40. The van der Waals surface area contributed by atoms with Gasteiger partial charge in [-0.1, -0.05) is 12.2 Å². The summed E-state index contributed by atoms with van der Waals surface area (Å²) >= 11 is 0. The number of nitrogens with zero attached hydrogens (tertiary/aromatic N) is 1. The second kappa shape index (κ2) is 6.96. The Kier molecular flexibility index (Phi) is 5.02. The van der Waals surface area contributed by atoms with Gasteiger partial charge in [-0.25, -0.2) is 0 Å². The first-order valence-corrected chi connectivity index (χ1v) is 6.86. The number of hydrogen-bond acceptors (Lipinski definition) is 2. The van der Waals surface area contributed by atoms with E-state index in [9.17, 15) is 0 Å². The summed E-state index contributed by atoms with van der Waals surface area (Å²) in [5.41, 5.74) is 2.46. The van der Waals surface area contributed by atoms with Gasteiger partial charge in [0.15, 0.2) is 0 Å². The molecule has 0 unspecified atom stereocenters. The van der Waals surface area contributed by atoms with Crippen molar-refractivity contribution >= 4 is 10.9 Å². The van der Waals surface area contributed by atoms with Crippen LogP contribution in [0.5, 0.6) is 5.75 Å². The Morgan fingerprint density at radius 2 is 2.00 bits per heavy atom. The third-order valence-corrected chi connectivity index (χ3v) is 3.45. The van der Waals surface area contributed by atoms with Gasteiger partial charge in [-0.05, 0) is 24.1 Å². The minimum atomic E-state index is 0.880. The van der Waals surface area contributed by atoms with E-state index in [0.29, 0.717) is 0 Å². The highest BCUT2D eigenvalue weighted by Crippen LogP contribution is 2.23. The molecular formula is C17H22N2O. The van der Waals surface area contributed by atoms with Crippen molar-refractivity contribution in [1.82, 2.24) is 9.88 Å². The molecule has 0 fully saturated rings. The van der Waals surface area contributed by atoms with Crippen LogP contribution in [0.25, 0.3) is 10.9 Å². The fourth-order valence-electron chi connectivity index (χ4n) is 2.40. The largest absolute Gasteiger partial charge is 0.497 e. The molecule has 0 aliphatic heterocycles. The maximum Gasteiger partial charge on any atom is 0.120 e. The molecule has 1 N–H and O–H groups in total. The number of nitrogens with one attached hydrogen (secondary N) is 1. The summed E-state index contributed by atoms with van der Waals surface area (Å²) in [5.74, 6) is 0.880.